The predicted molar refractivity (Wildman–Crippen MR) is 100 cm³/mol. The van der Waals surface area contributed by atoms with Gasteiger partial charge in [0.2, 0.25) is 0 Å². The van der Waals surface area contributed by atoms with Crippen LogP contribution in [-0.4, -0.2) is 30.0 Å². The van der Waals surface area contributed by atoms with Crippen molar-refractivity contribution in [1.82, 2.24) is 0 Å². The number of hydrogen-bond acceptors (Lipinski definition) is 3. The summed E-state index contributed by atoms with van der Waals surface area (Å²) >= 11 is 2.51. The minimum atomic E-state index is -0.279. The number of unbranched alkanes of at least 4 members (excludes halogenated alkanes) is 2. The average molecular weight is 435 g/mol. The van der Waals surface area contributed by atoms with E-state index < -0.39 is 0 Å². The van der Waals surface area contributed by atoms with Crippen LogP contribution >= 0.6 is 0 Å². The first-order chi connectivity index (χ1) is 11.9. The van der Waals surface area contributed by atoms with Gasteiger partial charge in [-0.25, -0.2) is 0 Å². The third-order valence-electron chi connectivity index (χ3n) is 3.52. The number of carbonyl (C=O) groups is 1. The molecule has 1 rings (SSSR count). The van der Waals surface area contributed by atoms with E-state index in [9.17, 15) is 4.79 Å². The maximum atomic E-state index is 12.6. The molecule has 0 bridgehead atoms. The van der Waals surface area contributed by atoms with E-state index >= 15 is 0 Å². The van der Waals surface area contributed by atoms with Crippen molar-refractivity contribution in [3.05, 3.63) is 23.8 Å². The second kappa shape index (κ2) is 11.4. The van der Waals surface area contributed by atoms with E-state index in [4.69, 9.17) is 9.47 Å². The molecular formula is C20H31NO3Ru. The van der Waals surface area contributed by atoms with Crippen LogP contribution in [0.3, 0.4) is 0 Å². The van der Waals surface area contributed by atoms with Crippen LogP contribution in [0.1, 0.15) is 59.4 Å². The van der Waals surface area contributed by atoms with Crippen LogP contribution in [0.25, 0.3) is 0 Å². The summed E-state index contributed by atoms with van der Waals surface area (Å²) in [5, 5.41) is 0. The Morgan fingerprint density at radius 3 is 2.52 bits per heavy atom. The molecule has 4 nitrogen and oxygen atoms in total. The summed E-state index contributed by atoms with van der Waals surface area (Å²) < 4.78 is 13.2. The van der Waals surface area contributed by atoms with Crippen molar-refractivity contribution in [1.29, 1.82) is 0 Å². The van der Waals surface area contributed by atoms with Gasteiger partial charge in [0.05, 0.1) is 0 Å². The average Bonchev–Trinajstić information content (AvgIpc) is 2.56. The Balaban J connectivity index is 3.02. The predicted octanol–water partition coefficient (Wildman–Crippen LogP) is 4.96. The Hall–Kier alpha value is -1.22. The molecule has 5 heteroatoms. The third-order valence-corrected chi connectivity index (χ3v) is 4.06. The first-order valence-electron chi connectivity index (χ1n) is 9.06. The number of amides is 1. The van der Waals surface area contributed by atoms with Gasteiger partial charge in [0.25, 0.3) is 0 Å². The Kier molecular flexibility index (Phi) is 9.96. The number of carbonyl (C=O) groups excluding carboxylic acids is 1. The van der Waals surface area contributed by atoms with Crippen molar-refractivity contribution in [2.24, 2.45) is 5.92 Å². The molecule has 1 aromatic carbocycles. The Labute approximate surface area is 162 Å². The van der Waals surface area contributed by atoms with Gasteiger partial charge >= 0.3 is 162 Å². The second-order valence-corrected chi connectivity index (χ2v) is 7.32. The summed E-state index contributed by atoms with van der Waals surface area (Å²) in [4.78, 5) is 14.3. The molecule has 0 aliphatic carbocycles. The van der Waals surface area contributed by atoms with E-state index in [0.717, 1.165) is 36.3 Å². The molecule has 142 valence electrons. The Bertz CT molecular complexity index is 558. The minimum absolute atomic E-state index is 0.104. The van der Waals surface area contributed by atoms with Crippen LogP contribution in [0.5, 0.6) is 5.75 Å². The van der Waals surface area contributed by atoms with Crippen molar-refractivity contribution >= 4 is 16.4 Å². The number of benzene rings is 1. The molecule has 0 atom stereocenters. The standard InChI is InChI=1S/C20H31NO3.Ru/c1-7-8-9-12-21(20(22)23-14-15(2)3)18-10-11-19(17(6)13-18)24-16(4)5;/h6,10-11,13,15-16H,7-9,12,14H2,1-5H3;. The fourth-order valence-corrected chi connectivity index (χ4v) is 2.70. The zero-order chi connectivity index (χ0) is 18.8. The van der Waals surface area contributed by atoms with Crippen LogP contribution in [-0.2, 0) is 22.6 Å². The van der Waals surface area contributed by atoms with Crippen molar-refractivity contribution < 1.29 is 32.1 Å². The van der Waals surface area contributed by atoms with E-state index in [2.05, 4.69) is 24.8 Å². The Morgan fingerprint density at radius 2 is 1.96 bits per heavy atom. The topological polar surface area (TPSA) is 38.8 Å². The first-order valence-corrected chi connectivity index (χ1v) is 10.1. The molecule has 0 saturated carbocycles. The van der Waals surface area contributed by atoms with Gasteiger partial charge < -0.3 is 0 Å². The van der Waals surface area contributed by atoms with Crippen molar-refractivity contribution in [3.63, 3.8) is 0 Å². The molecule has 1 amide bonds. The summed E-state index contributed by atoms with van der Waals surface area (Å²) in [6.07, 6.45) is 2.98. The van der Waals surface area contributed by atoms with E-state index in [0.29, 0.717) is 19.1 Å². The van der Waals surface area contributed by atoms with Gasteiger partial charge in [-0.3, -0.25) is 0 Å². The molecule has 0 saturated heterocycles. The fourth-order valence-electron chi connectivity index (χ4n) is 2.31. The van der Waals surface area contributed by atoms with Crippen LogP contribution < -0.4 is 9.64 Å². The number of ether oxygens (including phenoxy) is 2. The number of nitrogens with zero attached hydrogens (tertiary/aromatic N) is 1. The molecule has 1 aromatic rings. The Morgan fingerprint density at radius 1 is 1.24 bits per heavy atom. The zero-order valence-electron chi connectivity index (χ0n) is 16.0. The van der Waals surface area contributed by atoms with Gasteiger partial charge in [0.15, 0.2) is 0 Å². The van der Waals surface area contributed by atoms with E-state index in [1.165, 1.54) is 0 Å². The molecule has 0 aromatic heterocycles. The fraction of sp³-hybridized carbons (Fsp3) is 0.600. The quantitative estimate of drug-likeness (QED) is 0.386. The van der Waals surface area contributed by atoms with Crippen molar-refractivity contribution in [2.45, 2.75) is 60.0 Å². The third kappa shape index (κ3) is 7.69. The summed E-state index contributed by atoms with van der Waals surface area (Å²) in [7, 11) is 0. The van der Waals surface area contributed by atoms with Crippen molar-refractivity contribution in [3.8, 4) is 5.75 Å². The number of anilines is 1. The summed E-state index contributed by atoms with van der Waals surface area (Å²) in [6.45, 7) is 11.3. The SMILES string of the molecule is CCCCCN(C(=O)OCC(C)C)c1ccc(OC(C)C)c([CH]=[Ru])c1. The summed E-state index contributed by atoms with van der Waals surface area (Å²) in [5.41, 5.74) is 1.80. The van der Waals surface area contributed by atoms with E-state index in [1.807, 2.05) is 50.5 Å². The molecule has 0 N–H and O–H groups in total. The van der Waals surface area contributed by atoms with Gasteiger partial charge in [-0.2, -0.15) is 0 Å². The van der Waals surface area contributed by atoms with Crippen LogP contribution in [0, 0.1) is 5.92 Å². The molecule has 0 heterocycles. The molecular weight excluding hydrogens is 403 g/mol. The van der Waals surface area contributed by atoms with E-state index in [-0.39, 0.29) is 12.2 Å². The number of rotatable bonds is 10. The van der Waals surface area contributed by atoms with Crippen LogP contribution in [0.15, 0.2) is 18.2 Å². The van der Waals surface area contributed by atoms with Crippen molar-refractivity contribution in [2.75, 3.05) is 18.1 Å². The van der Waals surface area contributed by atoms with Gasteiger partial charge in [-0.15, -0.1) is 0 Å². The van der Waals surface area contributed by atoms with Gasteiger partial charge in [-0.1, -0.05) is 0 Å². The summed E-state index contributed by atoms with van der Waals surface area (Å²) in [6, 6.07) is 5.84. The summed E-state index contributed by atoms with van der Waals surface area (Å²) in [5.74, 6) is 1.14. The number of hydrogen-bond donors (Lipinski definition) is 0. The molecule has 0 aliphatic rings. The first kappa shape index (κ1) is 21.8. The molecule has 0 spiro atoms. The maximum absolute atomic E-state index is 12.6. The monoisotopic (exact) mass is 435 g/mol. The van der Waals surface area contributed by atoms with Crippen LogP contribution in [0.2, 0.25) is 0 Å². The van der Waals surface area contributed by atoms with Crippen LogP contribution in [0.4, 0.5) is 10.5 Å². The normalized spacial score (nSPS) is 10.9. The zero-order valence-corrected chi connectivity index (χ0v) is 17.8. The molecule has 0 aliphatic heterocycles. The van der Waals surface area contributed by atoms with Gasteiger partial charge in [0, 0.05) is 0 Å². The second-order valence-electron chi connectivity index (χ2n) is 6.82. The molecule has 0 unspecified atom stereocenters. The van der Waals surface area contributed by atoms with Gasteiger partial charge in [0.1, 0.15) is 0 Å². The molecule has 0 radical (unpaired) electrons. The van der Waals surface area contributed by atoms with E-state index in [1.54, 1.807) is 4.90 Å². The molecule has 25 heavy (non-hydrogen) atoms. The van der Waals surface area contributed by atoms with Gasteiger partial charge in [-0.05, 0) is 0 Å². The molecule has 0 fully saturated rings.